The zero-order valence-corrected chi connectivity index (χ0v) is 10.4. The minimum absolute atomic E-state index is 0.0939. The van der Waals surface area contributed by atoms with Crippen LogP contribution in [-0.2, 0) is 4.79 Å². The number of hydrogen-bond acceptors (Lipinski definition) is 3. The maximum Gasteiger partial charge on any atom is 0.228 e. The predicted octanol–water partition coefficient (Wildman–Crippen LogP) is 1.72. The third kappa shape index (κ3) is 3.27. The van der Waals surface area contributed by atoms with Crippen LogP contribution in [0.2, 0.25) is 0 Å². The molecule has 0 aromatic carbocycles. The molecular weight excluding hydrogens is 214 g/mol. The lowest BCUT2D eigenvalue weighted by Crippen LogP contribution is -2.40. The Morgan fingerprint density at radius 2 is 2.35 bits per heavy atom. The highest BCUT2D eigenvalue weighted by Crippen LogP contribution is 2.18. The van der Waals surface area contributed by atoms with Crippen molar-refractivity contribution < 1.29 is 4.79 Å². The van der Waals surface area contributed by atoms with Crippen molar-refractivity contribution in [3.8, 4) is 0 Å². The Balaban J connectivity index is 1.96. The Kier molecular flexibility index (Phi) is 3.74. The molecule has 0 unspecified atom stereocenters. The second-order valence-electron chi connectivity index (χ2n) is 4.73. The fourth-order valence-electron chi connectivity index (χ4n) is 2.21. The SMILES string of the molecule is Cc1cccc(NC(=O)[C@H]2CCN[C@@H](C)C2)n1. The van der Waals surface area contributed by atoms with E-state index in [1.165, 1.54) is 0 Å². The fraction of sp³-hybridized carbons (Fsp3) is 0.538. The minimum Gasteiger partial charge on any atom is -0.314 e. The van der Waals surface area contributed by atoms with Crippen molar-refractivity contribution in [2.24, 2.45) is 5.92 Å². The molecule has 0 saturated carbocycles. The minimum atomic E-state index is 0.0939. The van der Waals surface area contributed by atoms with E-state index in [-0.39, 0.29) is 11.8 Å². The number of piperidine rings is 1. The summed E-state index contributed by atoms with van der Waals surface area (Å²) in [6, 6.07) is 6.07. The molecule has 0 aliphatic carbocycles. The Hall–Kier alpha value is -1.42. The zero-order chi connectivity index (χ0) is 12.3. The number of aryl methyl sites for hydroxylation is 1. The number of hydrogen-bond donors (Lipinski definition) is 2. The van der Waals surface area contributed by atoms with Crippen LogP contribution in [0, 0.1) is 12.8 Å². The third-order valence-corrected chi connectivity index (χ3v) is 3.13. The molecule has 1 aliphatic heterocycles. The van der Waals surface area contributed by atoms with Gasteiger partial charge in [-0.05, 0) is 45.4 Å². The van der Waals surface area contributed by atoms with Crippen molar-refractivity contribution in [2.75, 3.05) is 11.9 Å². The second-order valence-corrected chi connectivity index (χ2v) is 4.73. The van der Waals surface area contributed by atoms with E-state index in [2.05, 4.69) is 22.5 Å². The first-order valence-corrected chi connectivity index (χ1v) is 6.13. The van der Waals surface area contributed by atoms with Gasteiger partial charge >= 0.3 is 0 Å². The van der Waals surface area contributed by atoms with Crippen LogP contribution in [0.25, 0.3) is 0 Å². The topological polar surface area (TPSA) is 54.0 Å². The van der Waals surface area contributed by atoms with Crippen molar-refractivity contribution in [1.82, 2.24) is 10.3 Å². The van der Waals surface area contributed by atoms with Crippen molar-refractivity contribution >= 4 is 11.7 Å². The number of pyridine rings is 1. The van der Waals surface area contributed by atoms with Crippen LogP contribution >= 0.6 is 0 Å². The van der Waals surface area contributed by atoms with E-state index in [1.807, 2.05) is 25.1 Å². The Labute approximate surface area is 102 Å². The van der Waals surface area contributed by atoms with Gasteiger partial charge in [-0.3, -0.25) is 4.79 Å². The van der Waals surface area contributed by atoms with Crippen molar-refractivity contribution in [2.45, 2.75) is 32.7 Å². The van der Waals surface area contributed by atoms with Gasteiger partial charge in [-0.1, -0.05) is 6.07 Å². The molecule has 4 heteroatoms. The molecule has 1 aromatic heterocycles. The summed E-state index contributed by atoms with van der Waals surface area (Å²) in [4.78, 5) is 16.3. The van der Waals surface area contributed by atoms with Gasteiger partial charge in [-0.15, -0.1) is 0 Å². The number of anilines is 1. The van der Waals surface area contributed by atoms with Gasteiger partial charge in [0.2, 0.25) is 5.91 Å². The van der Waals surface area contributed by atoms with Gasteiger partial charge in [-0.2, -0.15) is 0 Å². The number of carbonyl (C=O) groups excluding carboxylic acids is 1. The number of rotatable bonds is 2. The molecule has 0 radical (unpaired) electrons. The molecule has 1 aliphatic rings. The summed E-state index contributed by atoms with van der Waals surface area (Å²) in [6.07, 6.45) is 1.81. The first kappa shape index (κ1) is 12.0. The largest absolute Gasteiger partial charge is 0.314 e. The lowest BCUT2D eigenvalue weighted by atomic mass is 9.92. The highest BCUT2D eigenvalue weighted by Gasteiger charge is 2.24. The first-order valence-electron chi connectivity index (χ1n) is 6.13. The van der Waals surface area contributed by atoms with Gasteiger partial charge in [-0.25, -0.2) is 4.98 Å². The molecule has 0 spiro atoms. The second kappa shape index (κ2) is 5.27. The molecule has 1 fully saturated rings. The summed E-state index contributed by atoms with van der Waals surface area (Å²) in [5.74, 6) is 0.853. The van der Waals surface area contributed by atoms with Crippen molar-refractivity contribution in [3.05, 3.63) is 23.9 Å². The lowest BCUT2D eigenvalue weighted by Gasteiger charge is -2.26. The highest BCUT2D eigenvalue weighted by atomic mass is 16.1. The summed E-state index contributed by atoms with van der Waals surface area (Å²) in [6.45, 7) is 4.95. The summed E-state index contributed by atoms with van der Waals surface area (Å²) >= 11 is 0. The zero-order valence-electron chi connectivity index (χ0n) is 10.4. The number of nitrogens with one attached hydrogen (secondary N) is 2. The molecule has 2 N–H and O–H groups in total. The molecule has 2 atom stereocenters. The third-order valence-electron chi connectivity index (χ3n) is 3.13. The Morgan fingerprint density at radius 3 is 3.06 bits per heavy atom. The molecule has 1 amide bonds. The van der Waals surface area contributed by atoms with Crippen LogP contribution in [0.5, 0.6) is 0 Å². The van der Waals surface area contributed by atoms with Gasteiger partial charge < -0.3 is 10.6 Å². The van der Waals surface area contributed by atoms with Crippen LogP contribution < -0.4 is 10.6 Å². The van der Waals surface area contributed by atoms with Gasteiger partial charge in [0.05, 0.1) is 0 Å². The molecule has 2 heterocycles. The van der Waals surface area contributed by atoms with E-state index in [1.54, 1.807) is 0 Å². The number of carbonyl (C=O) groups is 1. The lowest BCUT2D eigenvalue weighted by molar-refractivity contribution is -0.120. The molecule has 1 aromatic rings. The van der Waals surface area contributed by atoms with Gasteiger partial charge in [0.15, 0.2) is 0 Å². The van der Waals surface area contributed by atoms with E-state index in [0.29, 0.717) is 11.9 Å². The normalized spacial score (nSPS) is 24.4. The van der Waals surface area contributed by atoms with Gasteiger partial charge in [0, 0.05) is 17.7 Å². The quantitative estimate of drug-likeness (QED) is 0.817. The van der Waals surface area contributed by atoms with E-state index >= 15 is 0 Å². The summed E-state index contributed by atoms with van der Waals surface area (Å²) in [7, 11) is 0. The number of nitrogens with zero attached hydrogens (tertiary/aromatic N) is 1. The summed E-state index contributed by atoms with van der Waals surface area (Å²) < 4.78 is 0. The summed E-state index contributed by atoms with van der Waals surface area (Å²) in [5, 5.41) is 6.24. The smallest absolute Gasteiger partial charge is 0.228 e. The van der Waals surface area contributed by atoms with Gasteiger partial charge in [0.1, 0.15) is 5.82 Å². The molecule has 17 heavy (non-hydrogen) atoms. The molecular formula is C13H19N3O. The van der Waals surface area contributed by atoms with Crippen LogP contribution in [-0.4, -0.2) is 23.5 Å². The van der Waals surface area contributed by atoms with Crippen LogP contribution in [0.15, 0.2) is 18.2 Å². The number of aromatic nitrogens is 1. The molecule has 0 bridgehead atoms. The molecule has 4 nitrogen and oxygen atoms in total. The predicted molar refractivity (Wildman–Crippen MR) is 67.8 cm³/mol. The maximum atomic E-state index is 12.0. The maximum absolute atomic E-state index is 12.0. The average Bonchev–Trinajstić information content (AvgIpc) is 2.29. The van der Waals surface area contributed by atoms with Crippen molar-refractivity contribution in [3.63, 3.8) is 0 Å². The van der Waals surface area contributed by atoms with Crippen LogP contribution in [0.3, 0.4) is 0 Å². The monoisotopic (exact) mass is 233 g/mol. The van der Waals surface area contributed by atoms with E-state index in [0.717, 1.165) is 25.1 Å². The summed E-state index contributed by atoms with van der Waals surface area (Å²) in [5.41, 5.74) is 0.918. The van der Waals surface area contributed by atoms with E-state index in [4.69, 9.17) is 0 Å². The number of amides is 1. The highest BCUT2D eigenvalue weighted by molar-refractivity contribution is 5.91. The average molecular weight is 233 g/mol. The van der Waals surface area contributed by atoms with Crippen LogP contribution in [0.1, 0.15) is 25.5 Å². The van der Waals surface area contributed by atoms with Gasteiger partial charge in [0.25, 0.3) is 0 Å². The molecule has 1 saturated heterocycles. The Morgan fingerprint density at radius 1 is 1.53 bits per heavy atom. The van der Waals surface area contributed by atoms with Crippen molar-refractivity contribution in [1.29, 1.82) is 0 Å². The van der Waals surface area contributed by atoms with Crippen LogP contribution in [0.4, 0.5) is 5.82 Å². The van der Waals surface area contributed by atoms with E-state index in [9.17, 15) is 4.79 Å². The van der Waals surface area contributed by atoms with E-state index < -0.39 is 0 Å². The fourth-order valence-corrected chi connectivity index (χ4v) is 2.21. The molecule has 92 valence electrons. The Bertz CT molecular complexity index is 405. The molecule has 2 rings (SSSR count). The first-order chi connectivity index (χ1) is 8.15. The standard InChI is InChI=1S/C13H19N3O/c1-9-4-3-5-12(15-9)16-13(17)11-6-7-14-10(2)8-11/h3-5,10-11,14H,6-8H2,1-2H3,(H,15,16,17)/t10-,11-/m0/s1.